The molecule has 0 aromatic heterocycles. The molecule has 0 spiro atoms. The van der Waals surface area contributed by atoms with Gasteiger partial charge in [0, 0.05) is 14.5 Å². The summed E-state index contributed by atoms with van der Waals surface area (Å²) < 4.78 is 6.61. The quantitative estimate of drug-likeness (QED) is 0.316. The van der Waals surface area contributed by atoms with E-state index in [0.29, 0.717) is 6.21 Å². The maximum absolute atomic E-state index is 10.6. The maximum atomic E-state index is 10.6. The summed E-state index contributed by atoms with van der Waals surface area (Å²) in [7, 11) is 0. The summed E-state index contributed by atoms with van der Waals surface area (Å²) in [6.07, 6.45) is -6.17. The van der Waals surface area contributed by atoms with Crippen LogP contribution in [-0.4, -0.2) is 68.7 Å². The van der Waals surface area contributed by atoms with Crippen LogP contribution in [0.15, 0.2) is 4.99 Å². The molecule has 15 heavy (non-hydrogen) atoms. The van der Waals surface area contributed by atoms with E-state index >= 15 is 0 Å². The van der Waals surface area contributed by atoms with E-state index in [2.05, 4.69) is 4.99 Å². The van der Waals surface area contributed by atoms with Crippen LogP contribution in [0.1, 0.15) is 8.27 Å². The third-order valence-corrected chi connectivity index (χ3v) is 1.65. The summed E-state index contributed by atoms with van der Waals surface area (Å²) in [5, 5.41) is 45.1. The minimum Gasteiger partial charge on any atom is -0.394 e. The van der Waals surface area contributed by atoms with Gasteiger partial charge in [-0.15, -0.1) is 0 Å². The fourth-order valence-corrected chi connectivity index (χ4v) is 0.785. The van der Waals surface area contributed by atoms with Gasteiger partial charge in [0.25, 0.3) is 0 Å². The van der Waals surface area contributed by atoms with E-state index in [-0.39, 0.29) is 0 Å². The summed E-state index contributed by atoms with van der Waals surface area (Å²) >= 11 is 0. The molecule has 1 amide bonds. The lowest BCUT2D eigenvalue weighted by molar-refractivity contribution is -0.116. The highest BCUT2D eigenvalue weighted by Gasteiger charge is 2.28. The van der Waals surface area contributed by atoms with Crippen LogP contribution in [0, 0.1) is 0 Å². The van der Waals surface area contributed by atoms with Crippen molar-refractivity contribution in [1.82, 2.24) is 0 Å². The Labute approximate surface area is 87.7 Å². The Bertz CT molecular complexity index is 249. The van der Waals surface area contributed by atoms with Gasteiger partial charge in [-0.05, 0) is 0 Å². The second-order valence-corrected chi connectivity index (χ2v) is 2.89. The molecular formula is C8H15NO6. The number of nitrogens with zero attached hydrogens (tertiary/aromatic N) is 1. The van der Waals surface area contributed by atoms with Crippen molar-refractivity contribution in [3.63, 3.8) is 0 Å². The lowest BCUT2D eigenvalue weighted by atomic mass is 10.0. The Morgan fingerprint density at radius 3 is 2.47 bits per heavy atom. The first-order valence-corrected chi connectivity index (χ1v) is 4.13. The molecule has 0 bridgehead atoms. The van der Waals surface area contributed by atoms with Crippen LogP contribution in [0.25, 0.3) is 0 Å². The highest BCUT2D eigenvalue weighted by Crippen LogP contribution is 2.03. The third kappa shape index (κ3) is 4.96. The van der Waals surface area contributed by atoms with Crippen molar-refractivity contribution in [2.24, 2.45) is 4.99 Å². The average molecular weight is 222 g/mol. The second-order valence-electron chi connectivity index (χ2n) is 2.89. The van der Waals surface area contributed by atoms with E-state index in [1.165, 1.54) is 0 Å². The Kier molecular flexibility index (Phi) is 5.37. The van der Waals surface area contributed by atoms with Gasteiger partial charge in [0.1, 0.15) is 24.4 Å². The Morgan fingerprint density at radius 1 is 1.40 bits per heavy atom. The van der Waals surface area contributed by atoms with Gasteiger partial charge in [0.15, 0.2) is 0 Å². The van der Waals surface area contributed by atoms with E-state index in [1.807, 2.05) is 0 Å². The lowest BCUT2D eigenvalue weighted by Crippen LogP contribution is -2.46. The van der Waals surface area contributed by atoms with Crippen LogP contribution < -0.4 is 0 Å². The molecule has 0 saturated carbocycles. The van der Waals surface area contributed by atoms with Crippen molar-refractivity contribution in [2.45, 2.75) is 31.3 Å². The van der Waals surface area contributed by atoms with E-state index in [4.69, 9.17) is 11.6 Å². The van der Waals surface area contributed by atoms with Gasteiger partial charge in [0.05, 0.1) is 6.61 Å². The normalized spacial score (nSPS) is 20.7. The van der Waals surface area contributed by atoms with Gasteiger partial charge in [-0.2, -0.15) is 0 Å². The van der Waals surface area contributed by atoms with E-state index in [0.717, 1.165) is 0 Å². The van der Waals surface area contributed by atoms with Gasteiger partial charge in [-0.1, -0.05) is 0 Å². The molecule has 7 nitrogen and oxygen atoms in total. The molecule has 0 aliphatic heterocycles. The monoisotopic (exact) mass is 222 g/mol. The molecule has 0 rings (SSSR count). The number of rotatable bonds is 5. The smallest absolute Gasteiger partial charge is 0.242 e. The summed E-state index contributed by atoms with van der Waals surface area (Å²) in [6, 6.07) is 0. The van der Waals surface area contributed by atoms with E-state index in [1.54, 1.807) is 0 Å². The number of carbonyl (C=O) groups excluding carboxylic acids is 1. The molecule has 4 atom stereocenters. The number of hydrogen-bond acceptors (Lipinski definition) is 6. The second kappa shape index (κ2) is 6.59. The molecule has 0 radical (unpaired) electrons. The minimum atomic E-state index is -1.79. The van der Waals surface area contributed by atoms with Crippen LogP contribution in [0.3, 0.4) is 0 Å². The molecule has 5 N–H and O–H groups in total. The van der Waals surface area contributed by atoms with E-state index in [9.17, 15) is 20.1 Å². The molecule has 0 aromatic rings. The third-order valence-electron chi connectivity index (χ3n) is 1.65. The topological polar surface area (TPSA) is 131 Å². The molecule has 0 saturated heterocycles. The van der Waals surface area contributed by atoms with Gasteiger partial charge in [-0.3, -0.25) is 4.79 Å². The van der Waals surface area contributed by atoms with Gasteiger partial charge < -0.3 is 25.5 Å². The predicted octanol–water partition coefficient (Wildman–Crippen LogP) is -2.96. The standard InChI is InChI=1S/C8H15NO6/c1-4(11)9-2-5(12)7(14)8(15)6(13)3-10/h2,5-8,10,12-15H,3H2,1H3/t5-,6+,7+,8+/m0/s1/i1D. The summed E-state index contributed by atoms with van der Waals surface area (Å²) in [6.45, 7) is -1.38. The first-order chi connectivity index (χ1) is 7.43. The summed E-state index contributed by atoms with van der Waals surface area (Å²) in [5.41, 5.74) is 0. The van der Waals surface area contributed by atoms with Crippen LogP contribution in [0.4, 0.5) is 0 Å². The number of amides is 1. The fraction of sp³-hybridized carbons (Fsp3) is 0.750. The van der Waals surface area contributed by atoms with E-state index < -0.39 is 43.8 Å². The molecule has 0 fully saturated rings. The molecule has 0 aliphatic rings. The number of carbonyl (C=O) groups is 1. The zero-order valence-electron chi connectivity index (χ0n) is 8.89. The fourth-order valence-electron chi connectivity index (χ4n) is 0.785. The minimum absolute atomic E-state index is 0.596. The maximum Gasteiger partial charge on any atom is 0.242 e. The number of hydrogen-bond donors (Lipinski definition) is 5. The predicted molar refractivity (Wildman–Crippen MR) is 50.3 cm³/mol. The van der Waals surface area contributed by atoms with Crippen LogP contribution in [0.5, 0.6) is 0 Å². The van der Waals surface area contributed by atoms with Crippen LogP contribution in [0.2, 0.25) is 0 Å². The SMILES string of the molecule is [2H]CC(=O)N=C[C@H](O)[C@@H](O)[C@H](O)[C@H](O)CO. The Balaban J connectivity index is 4.32. The van der Waals surface area contributed by atoms with Crippen molar-refractivity contribution in [3.05, 3.63) is 0 Å². The Hall–Kier alpha value is -0.860. The Morgan fingerprint density at radius 2 is 2.00 bits per heavy atom. The number of aliphatic hydroxyl groups is 5. The molecule has 7 heteroatoms. The lowest BCUT2D eigenvalue weighted by Gasteiger charge is -2.23. The molecule has 0 aliphatic carbocycles. The van der Waals surface area contributed by atoms with Crippen molar-refractivity contribution in [1.29, 1.82) is 0 Å². The van der Waals surface area contributed by atoms with Crippen molar-refractivity contribution < 1.29 is 31.7 Å². The van der Waals surface area contributed by atoms with Crippen molar-refractivity contribution >= 4 is 12.1 Å². The zero-order chi connectivity index (χ0) is 12.7. The number of aliphatic hydroxyl groups excluding tert-OH is 5. The summed E-state index contributed by atoms with van der Waals surface area (Å²) in [5.74, 6) is -0.816. The highest BCUT2D eigenvalue weighted by molar-refractivity contribution is 5.84. The van der Waals surface area contributed by atoms with Gasteiger partial charge in [0.2, 0.25) is 5.91 Å². The molecular weight excluding hydrogens is 206 g/mol. The number of aliphatic imine (C=N–C) groups is 1. The van der Waals surface area contributed by atoms with Gasteiger partial charge >= 0.3 is 0 Å². The van der Waals surface area contributed by atoms with Gasteiger partial charge in [-0.25, -0.2) is 4.99 Å². The molecule has 0 aromatic carbocycles. The van der Waals surface area contributed by atoms with Crippen molar-refractivity contribution in [3.8, 4) is 0 Å². The summed E-state index contributed by atoms with van der Waals surface area (Å²) in [4.78, 5) is 13.7. The van der Waals surface area contributed by atoms with Crippen LogP contribution >= 0.6 is 0 Å². The molecule has 0 heterocycles. The largest absolute Gasteiger partial charge is 0.394 e. The first kappa shape index (κ1) is 12.2. The zero-order valence-corrected chi connectivity index (χ0v) is 7.89. The van der Waals surface area contributed by atoms with Crippen molar-refractivity contribution in [2.75, 3.05) is 6.61 Å². The molecule has 88 valence electrons. The highest BCUT2D eigenvalue weighted by atomic mass is 16.4. The van der Waals surface area contributed by atoms with Crippen LogP contribution in [-0.2, 0) is 4.79 Å². The average Bonchev–Trinajstić information content (AvgIpc) is 2.32. The first-order valence-electron chi connectivity index (χ1n) is 4.84. The molecule has 0 unspecified atom stereocenters.